The van der Waals surface area contributed by atoms with Crippen molar-refractivity contribution in [1.29, 1.82) is 0 Å². The fraction of sp³-hybridized carbons (Fsp3) is 0.300. The van der Waals surface area contributed by atoms with Crippen LogP contribution in [0.1, 0.15) is 33.1 Å². The molecule has 3 N–H and O–H groups in total. The minimum absolute atomic E-state index is 0.0136. The third-order valence-corrected chi connectivity index (χ3v) is 5.27. The van der Waals surface area contributed by atoms with Gasteiger partial charge in [0.1, 0.15) is 5.82 Å². The van der Waals surface area contributed by atoms with E-state index in [0.29, 0.717) is 18.1 Å². The van der Waals surface area contributed by atoms with Crippen LogP contribution in [0, 0.1) is 5.92 Å². The van der Waals surface area contributed by atoms with Crippen molar-refractivity contribution in [1.82, 2.24) is 30.5 Å². The molecule has 3 aromatic rings. The van der Waals surface area contributed by atoms with Crippen LogP contribution in [0.4, 0.5) is 22.9 Å². The molecule has 1 saturated carbocycles. The summed E-state index contributed by atoms with van der Waals surface area (Å²) in [5, 5.41) is 19.8. The van der Waals surface area contributed by atoms with Gasteiger partial charge in [0.25, 0.3) is 5.91 Å². The lowest BCUT2D eigenvalue weighted by atomic mass is 10.1. The van der Waals surface area contributed by atoms with Gasteiger partial charge in [-0.25, -0.2) is 4.98 Å². The third kappa shape index (κ3) is 3.43. The zero-order valence-corrected chi connectivity index (χ0v) is 16.6. The smallest absolute Gasteiger partial charge is 0.254 e. The van der Waals surface area contributed by atoms with Gasteiger partial charge in [-0.2, -0.15) is 4.68 Å². The lowest BCUT2D eigenvalue weighted by Crippen LogP contribution is -2.27. The first-order valence-electron chi connectivity index (χ1n) is 11.2. The Kier molecular flexibility index (Phi) is 3.74. The summed E-state index contributed by atoms with van der Waals surface area (Å²) in [4.78, 5) is 31.1. The van der Waals surface area contributed by atoms with Gasteiger partial charge in [-0.3, -0.25) is 9.59 Å². The first-order valence-corrected chi connectivity index (χ1v) is 9.72. The van der Waals surface area contributed by atoms with E-state index in [-0.39, 0.29) is 28.9 Å². The lowest BCUT2D eigenvalue weighted by molar-refractivity contribution is -0.117. The summed E-state index contributed by atoms with van der Waals surface area (Å²) < 4.78 is 23.8. The van der Waals surface area contributed by atoms with Crippen molar-refractivity contribution in [3.8, 4) is 5.69 Å². The second kappa shape index (κ2) is 7.35. The van der Waals surface area contributed by atoms with Crippen molar-refractivity contribution in [2.45, 2.75) is 19.4 Å². The predicted molar refractivity (Wildman–Crippen MR) is 114 cm³/mol. The number of nitrogens with zero attached hydrogens (tertiary/aromatic N) is 6. The summed E-state index contributed by atoms with van der Waals surface area (Å²) in [6, 6.07) is 7.01. The topological polar surface area (TPSA) is 130 Å². The average molecular weight is 422 g/mol. The largest absolute Gasteiger partial charge is 0.364 e. The summed E-state index contributed by atoms with van der Waals surface area (Å²) in [7, 11) is 1.89. The number of hydrogen-bond donors (Lipinski definition) is 3. The van der Waals surface area contributed by atoms with Gasteiger partial charge in [0.15, 0.2) is 5.82 Å². The molecule has 31 heavy (non-hydrogen) atoms. The Bertz CT molecular complexity index is 1290. The molecular weight excluding hydrogens is 398 g/mol. The van der Waals surface area contributed by atoms with Gasteiger partial charge >= 0.3 is 0 Å². The molecule has 2 aliphatic rings. The number of aromatic nitrogens is 5. The molecule has 2 aromatic heterocycles. The van der Waals surface area contributed by atoms with E-state index in [4.69, 9.17) is 4.11 Å². The highest BCUT2D eigenvalue weighted by atomic mass is 16.2. The van der Waals surface area contributed by atoms with Crippen molar-refractivity contribution in [3.05, 3.63) is 41.9 Å². The Balaban J connectivity index is 1.54. The van der Waals surface area contributed by atoms with Crippen molar-refractivity contribution in [2.75, 3.05) is 29.6 Å². The quantitative estimate of drug-likeness (QED) is 0.563. The zero-order valence-electron chi connectivity index (χ0n) is 19.6. The van der Waals surface area contributed by atoms with E-state index in [1.807, 2.05) is 35.5 Å². The number of carbonyl (C=O) groups is 2. The van der Waals surface area contributed by atoms with Crippen LogP contribution in [-0.2, 0) is 11.3 Å². The van der Waals surface area contributed by atoms with Gasteiger partial charge in [0, 0.05) is 36.3 Å². The molecule has 0 saturated heterocycles. The SMILES string of the molecule is [2H]C([2H])([2H])NC(=O)c1cnc(NC(=O)C2CC2)cc1Nc1cccc2c1N(C)Cc1nnnn1-2. The number of fused-ring (bicyclic) bond motifs is 3. The van der Waals surface area contributed by atoms with Crippen LogP contribution in [-0.4, -0.2) is 51.0 Å². The molecule has 5 rings (SSSR count). The number of anilines is 4. The fourth-order valence-electron chi connectivity index (χ4n) is 3.58. The van der Waals surface area contributed by atoms with E-state index in [2.05, 4.69) is 31.1 Å². The Morgan fingerprint density at radius 2 is 2.13 bits per heavy atom. The van der Waals surface area contributed by atoms with E-state index in [1.54, 1.807) is 4.68 Å². The molecule has 0 unspecified atom stereocenters. The highest BCUT2D eigenvalue weighted by molar-refractivity contribution is 6.02. The molecule has 158 valence electrons. The lowest BCUT2D eigenvalue weighted by Gasteiger charge is -2.29. The minimum Gasteiger partial charge on any atom is -0.364 e. The minimum atomic E-state index is -2.67. The standard InChI is InChI=1S/C20H21N9O2/c1-21-20(31)12-9-22-16(24-19(30)11-6-7-11)8-14(12)23-13-4-3-5-15-18(13)28(2)10-17-25-26-27-29(15)17/h3-5,8-9,11H,6-7,10H2,1-2H3,(H,21,31)(H2,22,23,24,30)/i1D3. The molecule has 1 aliphatic carbocycles. The summed E-state index contributed by atoms with van der Waals surface area (Å²) in [6.45, 7) is -2.21. The van der Waals surface area contributed by atoms with Crippen molar-refractivity contribution >= 4 is 34.7 Å². The second-order valence-corrected chi connectivity index (χ2v) is 7.49. The first kappa shape index (κ1) is 15.8. The highest BCUT2D eigenvalue weighted by Gasteiger charge is 2.30. The maximum Gasteiger partial charge on any atom is 0.254 e. The molecule has 2 amide bonds. The molecule has 0 atom stereocenters. The normalized spacial score (nSPS) is 16.3. The number of pyridine rings is 1. The summed E-state index contributed by atoms with van der Waals surface area (Å²) in [6.07, 6.45) is 2.90. The van der Waals surface area contributed by atoms with Gasteiger partial charge in [-0.15, -0.1) is 5.10 Å². The molecule has 1 fully saturated rings. The monoisotopic (exact) mass is 422 g/mol. The molecule has 3 heterocycles. The van der Waals surface area contributed by atoms with Gasteiger partial charge in [-0.1, -0.05) is 6.07 Å². The fourth-order valence-corrected chi connectivity index (χ4v) is 3.58. The Labute approximate surface area is 182 Å². The number of carbonyl (C=O) groups excluding carboxylic acids is 2. The number of amides is 2. The van der Waals surface area contributed by atoms with Gasteiger partial charge in [-0.05, 0) is 35.4 Å². The average Bonchev–Trinajstić information content (AvgIpc) is 3.51. The van der Waals surface area contributed by atoms with Crippen molar-refractivity contribution in [2.24, 2.45) is 5.92 Å². The number of nitrogens with one attached hydrogen (secondary N) is 3. The van der Waals surface area contributed by atoms with E-state index in [1.165, 1.54) is 12.3 Å². The van der Waals surface area contributed by atoms with E-state index in [9.17, 15) is 9.59 Å². The number of hydrogen-bond acceptors (Lipinski definition) is 8. The molecule has 1 aliphatic heterocycles. The van der Waals surface area contributed by atoms with Gasteiger partial charge in [0.05, 0.1) is 34.9 Å². The first-order chi connectivity index (χ1) is 16.2. The number of para-hydroxylation sites is 1. The number of tetrazole rings is 1. The predicted octanol–water partition coefficient (Wildman–Crippen LogP) is 1.46. The Morgan fingerprint density at radius 3 is 2.94 bits per heavy atom. The number of rotatable bonds is 5. The zero-order chi connectivity index (χ0) is 24.0. The van der Waals surface area contributed by atoms with Gasteiger partial charge in [0.2, 0.25) is 5.91 Å². The van der Waals surface area contributed by atoms with Crippen LogP contribution in [0.15, 0.2) is 30.5 Å². The maximum atomic E-state index is 12.7. The molecule has 0 bridgehead atoms. The number of benzene rings is 1. The van der Waals surface area contributed by atoms with Crippen LogP contribution < -0.4 is 20.9 Å². The molecular formula is C20H21N9O2. The maximum absolute atomic E-state index is 12.7. The summed E-state index contributed by atoms with van der Waals surface area (Å²) in [5.41, 5.74) is 2.45. The van der Waals surface area contributed by atoms with E-state index in [0.717, 1.165) is 24.2 Å². The summed E-state index contributed by atoms with van der Waals surface area (Å²) in [5.74, 6) is -0.0567. The Hall–Kier alpha value is -4.02. The van der Waals surface area contributed by atoms with E-state index >= 15 is 0 Å². The molecule has 11 heteroatoms. The van der Waals surface area contributed by atoms with E-state index < -0.39 is 12.9 Å². The third-order valence-electron chi connectivity index (χ3n) is 5.27. The van der Waals surface area contributed by atoms with Crippen LogP contribution in [0.2, 0.25) is 0 Å². The van der Waals surface area contributed by atoms with Crippen LogP contribution >= 0.6 is 0 Å². The highest BCUT2D eigenvalue weighted by Crippen LogP contribution is 2.38. The van der Waals surface area contributed by atoms with Crippen molar-refractivity contribution < 1.29 is 13.7 Å². The molecule has 11 nitrogen and oxygen atoms in total. The Morgan fingerprint density at radius 1 is 1.26 bits per heavy atom. The summed E-state index contributed by atoms with van der Waals surface area (Å²) >= 11 is 0. The van der Waals surface area contributed by atoms with Crippen LogP contribution in [0.5, 0.6) is 0 Å². The molecule has 0 spiro atoms. The molecule has 1 aromatic carbocycles. The second-order valence-electron chi connectivity index (χ2n) is 7.49. The van der Waals surface area contributed by atoms with Gasteiger partial charge < -0.3 is 20.9 Å². The van der Waals surface area contributed by atoms with Crippen LogP contribution in [0.3, 0.4) is 0 Å². The van der Waals surface area contributed by atoms with Crippen LogP contribution in [0.25, 0.3) is 5.69 Å². The molecule has 0 radical (unpaired) electrons. The van der Waals surface area contributed by atoms with Crippen molar-refractivity contribution in [3.63, 3.8) is 0 Å².